The fourth-order valence-corrected chi connectivity index (χ4v) is 3.86. The molecule has 3 aromatic carbocycles. The lowest BCUT2D eigenvalue weighted by molar-refractivity contribution is 0.0692. The Morgan fingerprint density at radius 2 is 1.68 bits per heavy atom. The van der Waals surface area contributed by atoms with Gasteiger partial charge in [0.05, 0.1) is 18.5 Å². The Balaban J connectivity index is 2.19. The van der Waals surface area contributed by atoms with Crippen molar-refractivity contribution in [1.29, 1.82) is 0 Å². The van der Waals surface area contributed by atoms with Crippen molar-refractivity contribution >= 4 is 29.2 Å². The summed E-state index contributed by atoms with van der Waals surface area (Å²) in [6.07, 6.45) is 0. The molecule has 4 rings (SSSR count). The van der Waals surface area contributed by atoms with Crippen LogP contribution in [0, 0.1) is 6.92 Å². The van der Waals surface area contributed by atoms with Crippen LogP contribution >= 0.6 is 23.2 Å². The normalized spacial score (nSPS) is 10.8. The van der Waals surface area contributed by atoms with E-state index in [0.717, 1.165) is 11.1 Å². The first-order valence-electron chi connectivity index (χ1n) is 9.42. The van der Waals surface area contributed by atoms with E-state index in [1.54, 1.807) is 34.9 Å². The largest absolute Gasteiger partial charge is 0.496 e. The summed E-state index contributed by atoms with van der Waals surface area (Å²) in [6, 6.07) is 19.9. The summed E-state index contributed by atoms with van der Waals surface area (Å²) >= 11 is 12.6. The molecule has 1 aromatic heterocycles. The number of imidazole rings is 1. The van der Waals surface area contributed by atoms with Crippen molar-refractivity contribution in [3.8, 4) is 34.1 Å². The summed E-state index contributed by atoms with van der Waals surface area (Å²) in [4.78, 5) is 16.8. The molecule has 0 aliphatic heterocycles. The molecule has 156 valence electrons. The average molecular weight is 453 g/mol. The molecule has 0 saturated carbocycles. The number of hydrogen-bond donors (Lipinski definition) is 1. The van der Waals surface area contributed by atoms with Gasteiger partial charge >= 0.3 is 5.97 Å². The number of nitrogens with zero attached hydrogens (tertiary/aromatic N) is 2. The van der Waals surface area contributed by atoms with Gasteiger partial charge in [-0.1, -0.05) is 59.6 Å². The zero-order valence-electron chi connectivity index (χ0n) is 16.8. The SMILES string of the molecule is COc1ccc(Cl)cc1-c1c(C(=O)O)nc(-c2ccccc2)n1-c1cc(Cl)ccc1C. The van der Waals surface area contributed by atoms with Gasteiger partial charge in [-0.25, -0.2) is 9.78 Å². The molecule has 7 heteroatoms. The van der Waals surface area contributed by atoms with Gasteiger partial charge < -0.3 is 9.84 Å². The Labute approximate surface area is 189 Å². The molecule has 1 heterocycles. The number of ether oxygens (including phenoxy) is 1. The molecule has 31 heavy (non-hydrogen) atoms. The minimum atomic E-state index is -1.16. The number of aryl methyl sites for hydroxylation is 1. The van der Waals surface area contributed by atoms with Gasteiger partial charge in [-0.15, -0.1) is 0 Å². The average Bonchev–Trinajstić information content (AvgIpc) is 3.16. The smallest absolute Gasteiger partial charge is 0.356 e. The number of benzene rings is 3. The highest BCUT2D eigenvalue weighted by molar-refractivity contribution is 6.31. The topological polar surface area (TPSA) is 64.3 Å². The quantitative estimate of drug-likeness (QED) is 0.373. The first kappa shape index (κ1) is 21.0. The van der Waals surface area contributed by atoms with E-state index in [4.69, 9.17) is 27.9 Å². The van der Waals surface area contributed by atoms with E-state index in [1.165, 1.54) is 7.11 Å². The molecule has 0 amide bonds. The Hall–Kier alpha value is -3.28. The molecule has 0 fully saturated rings. The van der Waals surface area contributed by atoms with Gasteiger partial charge in [0, 0.05) is 21.2 Å². The molecule has 1 N–H and O–H groups in total. The highest BCUT2D eigenvalue weighted by Gasteiger charge is 2.28. The molecule has 0 bridgehead atoms. The molecule has 0 saturated heterocycles. The van der Waals surface area contributed by atoms with Crippen molar-refractivity contribution in [2.75, 3.05) is 7.11 Å². The summed E-state index contributed by atoms with van der Waals surface area (Å²) in [5, 5.41) is 11.0. The highest BCUT2D eigenvalue weighted by Crippen LogP contribution is 2.40. The van der Waals surface area contributed by atoms with Crippen LogP contribution in [-0.4, -0.2) is 27.7 Å². The minimum absolute atomic E-state index is 0.112. The first-order chi connectivity index (χ1) is 14.9. The van der Waals surface area contributed by atoms with Crippen molar-refractivity contribution in [3.63, 3.8) is 0 Å². The molecule has 0 unspecified atom stereocenters. The molecule has 0 spiro atoms. The number of carboxylic acid groups (broad SMARTS) is 1. The van der Waals surface area contributed by atoms with Gasteiger partial charge in [-0.2, -0.15) is 0 Å². The van der Waals surface area contributed by atoms with Gasteiger partial charge in [-0.05, 0) is 42.8 Å². The van der Waals surface area contributed by atoms with Crippen molar-refractivity contribution < 1.29 is 14.6 Å². The van der Waals surface area contributed by atoms with Gasteiger partial charge in [0.25, 0.3) is 0 Å². The number of aromatic nitrogens is 2. The van der Waals surface area contributed by atoms with Crippen LogP contribution in [0.1, 0.15) is 16.1 Å². The lowest BCUT2D eigenvalue weighted by Gasteiger charge is -2.17. The molecular formula is C24H18Cl2N2O3. The van der Waals surface area contributed by atoms with E-state index in [9.17, 15) is 9.90 Å². The second-order valence-corrected chi connectivity index (χ2v) is 7.79. The van der Waals surface area contributed by atoms with Crippen molar-refractivity contribution in [2.24, 2.45) is 0 Å². The summed E-state index contributed by atoms with van der Waals surface area (Å²) < 4.78 is 7.33. The molecule has 0 radical (unpaired) electrons. The van der Waals surface area contributed by atoms with Crippen LogP contribution < -0.4 is 4.74 Å². The van der Waals surface area contributed by atoms with Crippen LogP contribution in [0.4, 0.5) is 0 Å². The van der Waals surface area contributed by atoms with Crippen LogP contribution in [0.25, 0.3) is 28.3 Å². The zero-order valence-corrected chi connectivity index (χ0v) is 18.3. The van der Waals surface area contributed by atoms with Crippen molar-refractivity contribution in [1.82, 2.24) is 9.55 Å². The van der Waals surface area contributed by atoms with Gasteiger partial charge in [0.15, 0.2) is 5.69 Å². The number of carboxylic acids is 1. The fraction of sp³-hybridized carbons (Fsp3) is 0.0833. The van der Waals surface area contributed by atoms with E-state index >= 15 is 0 Å². The van der Waals surface area contributed by atoms with Crippen LogP contribution in [0.15, 0.2) is 66.7 Å². The number of carbonyl (C=O) groups is 1. The predicted molar refractivity (Wildman–Crippen MR) is 123 cm³/mol. The standard InChI is InChI=1S/C24H18Cl2N2O3/c1-14-8-9-17(26)13-19(14)28-22(18-12-16(25)10-11-20(18)31-2)21(24(29)30)27-23(28)15-6-4-3-5-7-15/h3-13H,1-2H3,(H,29,30). The Bertz CT molecular complexity index is 1280. The maximum absolute atomic E-state index is 12.3. The zero-order chi connectivity index (χ0) is 22.1. The molecule has 5 nitrogen and oxygen atoms in total. The van der Waals surface area contributed by atoms with Crippen LogP contribution in [-0.2, 0) is 0 Å². The monoisotopic (exact) mass is 452 g/mol. The summed E-state index contributed by atoms with van der Waals surface area (Å²) in [7, 11) is 1.52. The molecule has 0 aliphatic rings. The second kappa shape index (κ2) is 8.46. The van der Waals surface area contributed by atoms with E-state index in [0.29, 0.717) is 38.6 Å². The summed E-state index contributed by atoms with van der Waals surface area (Å²) in [5.74, 6) is -0.208. The fourth-order valence-electron chi connectivity index (χ4n) is 3.52. The van der Waals surface area contributed by atoms with Crippen LogP contribution in [0.3, 0.4) is 0 Å². The summed E-state index contributed by atoms with van der Waals surface area (Å²) in [6.45, 7) is 1.93. The second-order valence-electron chi connectivity index (χ2n) is 6.91. The van der Waals surface area contributed by atoms with Gasteiger partial charge in [0.1, 0.15) is 11.6 Å². The van der Waals surface area contributed by atoms with Crippen LogP contribution in [0.5, 0.6) is 5.75 Å². The van der Waals surface area contributed by atoms with Crippen molar-refractivity contribution in [2.45, 2.75) is 6.92 Å². The Kier molecular flexibility index (Phi) is 5.72. The number of halogens is 2. The van der Waals surface area contributed by atoms with Crippen LogP contribution in [0.2, 0.25) is 10.0 Å². The maximum atomic E-state index is 12.3. The number of hydrogen-bond acceptors (Lipinski definition) is 3. The first-order valence-corrected chi connectivity index (χ1v) is 10.2. The van der Waals surface area contributed by atoms with E-state index in [-0.39, 0.29) is 5.69 Å². The Morgan fingerprint density at radius 3 is 2.35 bits per heavy atom. The number of methoxy groups -OCH3 is 1. The third kappa shape index (κ3) is 3.90. The number of aromatic carboxylic acids is 1. The lowest BCUT2D eigenvalue weighted by atomic mass is 10.1. The van der Waals surface area contributed by atoms with Crippen molar-refractivity contribution in [3.05, 3.63) is 88.0 Å². The molecular weight excluding hydrogens is 435 g/mol. The van der Waals surface area contributed by atoms with E-state index in [1.807, 2.05) is 43.3 Å². The summed E-state index contributed by atoms with van der Waals surface area (Å²) in [5.41, 5.74) is 3.13. The Morgan fingerprint density at radius 1 is 1.00 bits per heavy atom. The highest BCUT2D eigenvalue weighted by atomic mass is 35.5. The molecule has 4 aromatic rings. The van der Waals surface area contributed by atoms with E-state index in [2.05, 4.69) is 4.98 Å². The number of rotatable bonds is 5. The predicted octanol–water partition coefficient (Wildman–Crippen LogP) is 6.53. The minimum Gasteiger partial charge on any atom is -0.496 e. The van der Waals surface area contributed by atoms with E-state index < -0.39 is 5.97 Å². The lowest BCUT2D eigenvalue weighted by Crippen LogP contribution is -2.05. The third-order valence-corrected chi connectivity index (χ3v) is 5.41. The van der Waals surface area contributed by atoms with Gasteiger partial charge in [0.2, 0.25) is 0 Å². The third-order valence-electron chi connectivity index (χ3n) is 4.94. The maximum Gasteiger partial charge on any atom is 0.356 e. The molecule has 0 aliphatic carbocycles. The molecule has 0 atom stereocenters. The van der Waals surface area contributed by atoms with Gasteiger partial charge in [-0.3, -0.25) is 4.57 Å².